The Labute approximate surface area is 217 Å². The molecule has 0 unspecified atom stereocenters. The molecule has 9 nitrogen and oxygen atoms in total. The summed E-state index contributed by atoms with van der Waals surface area (Å²) >= 11 is 0. The molecule has 0 radical (unpaired) electrons. The number of carbonyl (C=O) groups excluding carboxylic acids is 4. The standard InChI is InChI=1S/C28H33N5O4/c34-25(31-17-15-30(16-18-31)24-8-4-5-14-29-24)9-3-1-2-7-21-12-13-22-20-32(28(37)23(22)19-21)33-26(35)10-6-11-27(33)36/h4-5,8,12-14,19H,1-3,6-7,9-11,15-18,20H2. The zero-order valence-corrected chi connectivity index (χ0v) is 21.1. The average Bonchev–Trinajstić information content (AvgIpc) is 3.24. The lowest BCUT2D eigenvalue weighted by molar-refractivity contribution is -0.163. The van der Waals surface area contributed by atoms with Gasteiger partial charge in [-0.1, -0.05) is 24.6 Å². The van der Waals surface area contributed by atoms with Gasteiger partial charge < -0.3 is 9.80 Å². The lowest BCUT2D eigenvalue weighted by Gasteiger charge is -2.35. The summed E-state index contributed by atoms with van der Waals surface area (Å²) in [5, 5.41) is 2.33. The van der Waals surface area contributed by atoms with Crippen LogP contribution in [0.4, 0.5) is 5.82 Å². The van der Waals surface area contributed by atoms with E-state index in [9.17, 15) is 19.2 Å². The van der Waals surface area contributed by atoms with E-state index in [0.717, 1.165) is 73.8 Å². The largest absolute Gasteiger partial charge is 0.353 e. The Bertz CT molecular complexity index is 1160. The van der Waals surface area contributed by atoms with E-state index in [1.54, 1.807) is 6.20 Å². The van der Waals surface area contributed by atoms with E-state index >= 15 is 0 Å². The first-order valence-corrected chi connectivity index (χ1v) is 13.2. The van der Waals surface area contributed by atoms with Crippen molar-refractivity contribution in [1.82, 2.24) is 19.9 Å². The quantitative estimate of drug-likeness (QED) is 0.406. The van der Waals surface area contributed by atoms with Crippen molar-refractivity contribution < 1.29 is 19.2 Å². The number of piperidine rings is 1. The number of hydrogen-bond acceptors (Lipinski definition) is 6. The van der Waals surface area contributed by atoms with Crippen molar-refractivity contribution in [3.63, 3.8) is 0 Å². The van der Waals surface area contributed by atoms with Gasteiger partial charge >= 0.3 is 0 Å². The van der Waals surface area contributed by atoms with Gasteiger partial charge in [0.15, 0.2) is 0 Å². The number of hydrogen-bond donors (Lipinski definition) is 0. The molecule has 3 aliphatic rings. The van der Waals surface area contributed by atoms with Crippen LogP contribution in [0.3, 0.4) is 0 Å². The second kappa shape index (κ2) is 11.1. The molecule has 4 heterocycles. The van der Waals surface area contributed by atoms with Gasteiger partial charge in [0.25, 0.3) is 5.91 Å². The van der Waals surface area contributed by atoms with Gasteiger partial charge in [-0.2, -0.15) is 5.01 Å². The Morgan fingerprint density at radius 1 is 0.892 bits per heavy atom. The van der Waals surface area contributed by atoms with E-state index in [-0.39, 0.29) is 30.2 Å². The van der Waals surface area contributed by atoms with E-state index in [0.29, 0.717) is 31.2 Å². The summed E-state index contributed by atoms with van der Waals surface area (Å²) in [6, 6.07) is 11.7. The Hall–Kier alpha value is -3.75. The third-order valence-corrected chi connectivity index (χ3v) is 7.42. The van der Waals surface area contributed by atoms with Crippen LogP contribution in [-0.4, -0.2) is 69.7 Å². The van der Waals surface area contributed by atoms with Crippen LogP contribution in [0.25, 0.3) is 0 Å². The molecule has 1 aromatic heterocycles. The number of imide groups is 1. The topological polar surface area (TPSA) is 94.1 Å². The molecule has 0 aliphatic carbocycles. The van der Waals surface area contributed by atoms with E-state index in [4.69, 9.17) is 0 Å². The minimum atomic E-state index is -0.303. The molecule has 9 heteroatoms. The van der Waals surface area contributed by atoms with Crippen LogP contribution in [0.15, 0.2) is 42.6 Å². The highest BCUT2D eigenvalue weighted by Crippen LogP contribution is 2.28. The van der Waals surface area contributed by atoms with Crippen molar-refractivity contribution in [2.75, 3.05) is 31.1 Å². The van der Waals surface area contributed by atoms with Crippen LogP contribution >= 0.6 is 0 Å². The summed E-state index contributed by atoms with van der Waals surface area (Å²) in [6.45, 7) is 3.31. The molecule has 3 aliphatic heterocycles. The first kappa shape index (κ1) is 24.9. The van der Waals surface area contributed by atoms with Gasteiger partial charge in [0, 0.05) is 57.2 Å². The van der Waals surface area contributed by atoms with Crippen molar-refractivity contribution in [1.29, 1.82) is 0 Å². The Balaban J connectivity index is 1.04. The highest BCUT2D eigenvalue weighted by atomic mass is 16.2. The predicted molar refractivity (Wildman–Crippen MR) is 137 cm³/mol. The summed E-state index contributed by atoms with van der Waals surface area (Å²) < 4.78 is 0. The number of hydrazine groups is 1. The first-order valence-electron chi connectivity index (χ1n) is 13.2. The van der Waals surface area contributed by atoms with Crippen LogP contribution in [0.1, 0.15) is 66.4 Å². The molecule has 1 aromatic carbocycles. The van der Waals surface area contributed by atoms with E-state index in [1.165, 1.54) is 5.01 Å². The third kappa shape index (κ3) is 5.50. The predicted octanol–water partition coefficient (Wildman–Crippen LogP) is 2.94. The maximum absolute atomic E-state index is 13.0. The van der Waals surface area contributed by atoms with Crippen LogP contribution in [0.2, 0.25) is 0 Å². The summed E-state index contributed by atoms with van der Waals surface area (Å²) in [7, 11) is 0. The lowest BCUT2D eigenvalue weighted by Crippen LogP contribution is -2.51. The van der Waals surface area contributed by atoms with Crippen LogP contribution in [0.5, 0.6) is 0 Å². The van der Waals surface area contributed by atoms with Gasteiger partial charge in [-0.05, 0) is 55.0 Å². The average molecular weight is 504 g/mol. The second-order valence-corrected chi connectivity index (χ2v) is 9.92. The normalized spacial score (nSPS) is 18.0. The molecule has 0 atom stereocenters. The fourth-order valence-electron chi connectivity index (χ4n) is 5.33. The molecular formula is C28H33N5O4. The lowest BCUT2D eigenvalue weighted by atomic mass is 10.0. The number of aromatic nitrogens is 1. The molecule has 2 aromatic rings. The molecule has 0 saturated carbocycles. The number of amides is 4. The van der Waals surface area contributed by atoms with Gasteiger partial charge in [-0.15, -0.1) is 0 Å². The maximum Gasteiger partial charge on any atom is 0.273 e. The number of unbranched alkanes of at least 4 members (excludes halogenated alkanes) is 2. The molecule has 0 spiro atoms. The minimum Gasteiger partial charge on any atom is -0.353 e. The number of piperazine rings is 1. The van der Waals surface area contributed by atoms with Crippen LogP contribution in [0, 0.1) is 0 Å². The van der Waals surface area contributed by atoms with Gasteiger partial charge in [-0.3, -0.25) is 19.2 Å². The Morgan fingerprint density at radius 2 is 1.68 bits per heavy atom. The molecule has 2 fully saturated rings. The van der Waals surface area contributed by atoms with Gasteiger partial charge in [-0.25, -0.2) is 9.99 Å². The fraction of sp³-hybridized carbons (Fsp3) is 0.464. The highest BCUT2D eigenvalue weighted by Gasteiger charge is 2.39. The van der Waals surface area contributed by atoms with E-state index < -0.39 is 0 Å². The number of anilines is 1. The molecule has 2 saturated heterocycles. The van der Waals surface area contributed by atoms with E-state index in [2.05, 4.69) is 9.88 Å². The number of benzene rings is 1. The van der Waals surface area contributed by atoms with Gasteiger partial charge in [0.05, 0.1) is 6.54 Å². The van der Waals surface area contributed by atoms with Gasteiger partial charge in [0.2, 0.25) is 17.7 Å². The molecule has 0 N–H and O–H groups in total. The van der Waals surface area contributed by atoms with Crippen molar-refractivity contribution in [3.8, 4) is 0 Å². The van der Waals surface area contributed by atoms with Crippen molar-refractivity contribution >= 4 is 29.4 Å². The molecule has 37 heavy (non-hydrogen) atoms. The van der Waals surface area contributed by atoms with Crippen molar-refractivity contribution in [2.24, 2.45) is 0 Å². The Morgan fingerprint density at radius 3 is 2.41 bits per heavy atom. The number of aryl methyl sites for hydroxylation is 1. The molecule has 4 amide bonds. The number of pyridine rings is 1. The number of nitrogens with zero attached hydrogens (tertiary/aromatic N) is 5. The third-order valence-electron chi connectivity index (χ3n) is 7.42. The molecular weight excluding hydrogens is 470 g/mol. The zero-order valence-electron chi connectivity index (χ0n) is 21.1. The van der Waals surface area contributed by atoms with Crippen LogP contribution < -0.4 is 4.90 Å². The number of rotatable bonds is 8. The first-order chi connectivity index (χ1) is 18.0. The molecule has 0 bridgehead atoms. The SMILES string of the molecule is O=C(CCCCCc1ccc2c(c1)C(=O)N(N1C(=O)CCCC1=O)C2)N1CCN(c2ccccn2)CC1. The molecule has 194 valence electrons. The summed E-state index contributed by atoms with van der Waals surface area (Å²) in [6.07, 6.45) is 7.01. The monoisotopic (exact) mass is 503 g/mol. The van der Waals surface area contributed by atoms with Gasteiger partial charge in [0.1, 0.15) is 5.82 Å². The highest BCUT2D eigenvalue weighted by molar-refractivity contribution is 6.04. The minimum absolute atomic E-state index is 0.214. The van der Waals surface area contributed by atoms with Crippen molar-refractivity contribution in [3.05, 3.63) is 59.3 Å². The van der Waals surface area contributed by atoms with Crippen LogP contribution in [-0.2, 0) is 27.3 Å². The molecule has 5 rings (SSSR count). The summed E-state index contributed by atoms with van der Waals surface area (Å²) in [5.41, 5.74) is 2.47. The summed E-state index contributed by atoms with van der Waals surface area (Å²) in [4.78, 5) is 58.7. The summed E-state index contributed by atoms with van der Waals surface area (Å²) in [5.74, 6) is 0.286. The fourth-order valence-corrected chi connectivity index (χ4v) is 5.33. The second-order valence-electron chi connectivity index (χ2n) is 9.92. The number of fused-ring (bicyclic) bond motifs is 1. The van der Waals surface area contributed by atoms with Crippen molar-refractivity contribution in [2.45, 2.75) is 57.9 Å². The number of carbonyl (C=O) groups is 4. The smallest absolute Gasteiger partial charge is 0.273 e. The zero-order chi connectivity index (χ0) is 25.8. The Kier molecular flexibility index (Phi) is 7.48. The maximum atomic E-state index is 13.0. The van der Waals surface area contributed by atoms with E-state index in [1.807, 2.05) is 41.3 Å².